The first-order chi connectivity index (χ1) is 28.6. The molecule has 0 bridgehead atoms. The van der Waals surface area contributed by atoms with Gasteiger partial charge in [0, 0.05) is 24.9 Å². The molecule has 344 valence electrons. The van der Waals surface area contributed by atoms with Crippen LogP contribution in [-0.4, -0.2) is 72.1 Å². The second-order valence-electron chi connectivity index (χ2n) is 22.9. The predicted octanol–water partition coefficient (Wildman–Crippen LogP) is 10.1. The molecule has 10 nitrogen and oxygen atoms in total. The Labute approximate surface area is 367 Å². The van der Waals surface area contributed by atoms with Crippen molar-refractivity contribution in [1.29, 1.82) is 0 Å². The number of likely N-dealkylation sites (tertiary alicyclic amines) is 1. The van der Waals surface area contributed by atoms with E-state index in [2.05, 4.69) is 53.4 Å². The van der Waals surface area contributed by atoms with Crippen molar-refractivity contribution >= 4 is 29.7 Å². The number of carboxylic acid groups (broad SMARTS) is 1. The van der Waals surface area contributed by atoms with Crippen molar-refractivity contribution in [2.24, 2.45) is 62.1 Å². The lowest BCUT2D eigenvalue weighted by Crippen LogP contribution is -2.67. The number of allylic oxidation sites excluding steroid dienone is 1. The van der Waals surface area contributed by atoms with Gasteiger partial charge in [-0.2, -0.15) is 0 Å². The van der Waals surface area contributed by atoms with Gasteiger partial charge in [-0.1, -0.05) is 72.5 Å². The fourth-order valence-corrected chi connectivity index (χ4v) is 15.4. The molecule has 5 aliphatic carbocycles. The van der Waals surface area contributed by atoms with Crippen LogP contribution in [-0.2, 0) is 33.4 Å². The Hall–Kier alpha value is -2.91. The van der Waals surface area contributed by atoms with Gasteiger partial charge in [-0.25, -0.2) is 4.79 Å². The first-order valence-corrected chi connectivity index (χ1v) is 24.3. The number of rotatable bonds is 16. The third kappa shape index (κ3) is 8.46. The molecule has 6 aliphatic rings. The normalized spacial score (nSPS) is 37.7. The van der Waals surface area contributed by atoms with Gasteiger partial charge in [0.15, 0.2) is 0 Å². The lowest BCUT2D eigenvalue weighted by atomic mass is 9.32. The molecule has 0 spiro atoms. The van der Waals surface area contributed by atoms with E-state index in [1.807, 2.05) is 0 Å². The standard InChI is InChI=1S/C51H82N2O8/c1-33(2)34-22-27-51(44(57)52-30-16-14-12-11-13-15-19-40(54)53-31-17-18-36(53)43(56)60-10)29-28-49(8)35(42(34)51)20-21-38-48(7)25-24-39(61-41(55)32-46(3,4)45(58)59)47(5,6)37(48)23-26-50(38,49)9/h34-39,42H,1,11-32H2,2-10H3,(H,52,57)(H,58,59)/t34-,35+,36+,37-,38+,39-,42+,48-,49+,50+,51-/m0/s1. The highest BCUT2D eigenvalue weighted by molar-refractivity contribution is 5.85. The van der Waals surface area contributed by atoms with Crippen molar-refractivity contribution < 1.29 is 38.6 Å². The smallest absolute Gasteiger partial charge is 0.328 e. The number of hydrogen-bond donors (Lipinski definition) is 2. The average molecular weight is 851 g/mol. The van der Waals surface area contributed by atoms with Gasteiger partial charge >= 0.3 is 17.9 Å². The van der Waals surface area contributed by atoms with Gasteiger partial charge in [0.2, 0.25) is 11.8 Å². The number of esters is 2. The number of fused-ring (bicyclic) bond motifs is 7. The number of ether oxygens (including phenoxy) is 2. The van der Waals surface area contributed by atoms with E-state index in [-0.39, 0.29) is 57.4 Å². The zero-order chi connectivity index (χ0) is 44.8. The Morgan fingerprint density at radius 3 is 2.16 bits per heavy atom. The second-order valence-corrected chi connectivity index (χ2v) is 22.9. The van der Waals surface area contributed by atoms with Gasteiger partial charge < -0.3 is 24.8 Å². The molecular formula is C51H82N2O8. The van der Waals surface area contributed by atoms with Crippen LogP contribution in [0.4, 0.5) is 0 Å². The van der Waals surface area contributed by atoms with Crippen LogP contribution in [0.3, 0.4) is 0 Å². The van der Waals surface area contributed by atoms with E-state index in [1.165, 1.54) is 12.7 Å². The maximum absolute atomic E-state index is 14.6. The van der Waals surface area contributed by atoms with Gasteiger partial charge in [-0.05, 0) is 156 Å². The van der Waals surface area contributed by atoms with Crippen LogP contribution in [0.2, 0.25) is 0 Å². The summed E-state index contributed by atoms with van der Waals surface area (Å²) < 4.78 is 11.1. The third-order valence-electron chi connectivity index (χ3n) is 19.0. The summed E-state index contributed by atoms with van der Waals surface area (Å²) in [6.07, 6.45) is 18.0. The van der Waals surface area contributed by atoms with Crippen molar-refractivity contribution in [3.8, 4) is 0 Å². The quantitative estimate of drug-likeness (QED) is 0.0889. The highest BCUT2D eigenvalue weighted by Gasteiger charge is 2.72. The number of carbonyl (C=O) groups is 5. The third-order valence-corrected chi connectivity index (χ3v) is 19.0. The van der Waals surface area contributed by atoms with Crippen LogP contribution < -0.4 is 5.32 Å². The van der Waals surface area contributed by atoms with E-state index in [1.54, 1.807) is 18.7 Å². The molecule has 2 amide bonds. The molecule has 1 saturated heterocycles. The van der Waals surface area contributed by atoms with Gasteiger partial charge in [0.25, 0.3) is 0 Å². The number of hydrogen-bond acceptors (Lipinski definition) is 7. The van der Waals surface area contributed by atoms with Gasteiger partial charge in [-0.15, -0.1) is 0 Å². The van der Waals surface area contributed by atoms with Crippen molar-refractivity contribution in [1.82, 2.24) is 10.2 Å². The number of amides is 2. The molecule has 0 radical (unpaired) electrons. The van der Waals surface area contributed by atoms with E-state index in [4.69, 9.17) is 9.47 Å². The maximum Gasteiger partial charge on any atom is 0.328 e. The van der Waals surface area contributed by atoms with Crippen LogP contribution in [0.25, 0.3) is 0 Å². The molecular weight excluding hydrogens is 769 g/mol. The number of nitrogens with zero attached hydrogens (tertiary/aromatic N) is 1. The highest BCUT2D eigenvalue weighted by atomic mass is 16.5. The molecule has 0 aromatic rings. The molecule has 1 aliphatic heterocycles. The van der Waals surface area contributed by atoms with E-state index in [0.717, 1.165) is 109 Å². The zero-order valence-electron chi connectivity index (χ0n) is 39.6. The summed E-state index contributed by atoms with van der Waals surface area (Å²) in [4.78, 5) is 66.0. The van der Waals surface area contributed by atoms with Crippen LogP contribution >= 0.6 is 0 Å². The largest absolute Gasteiger partial charge is 0.481 e. The molecule has 0 aromatic heterocycles. The van der Waals surface area contributed by atoms with Crippen molar-refractivity contribution in [3.05, 3.63) is 12.2 Å². The summed E-state index contributed by atoms with van der Waals surface area (Å²) in [6, 6.07) is -0.418. The summed E-state index contributed by atoms with van der Waals surface area (Å²) in [5.74, 6) is 0.701. The first kappa shape index (κ1) is 47.6. The fraction of sp³-hybridized carbons (Fsp3) is 0.863. The van der Waals surface area contributed by atoms with Crippen molar-refractivity contribution in [3.63, 3.8) is 0 Å². The fourth-order valence-electron chi connectivity index (χ4n) is 15.4. The molecule has 5 saturated carbocycles. The monoisotopic (exact) mass is 851 g/mol. The SMILES string of the molecule is C=C(C)[C@@H]1CC[C@]2(C(=O)NCCCCCCCCC(=O)N3CCC[C@@H]3C(=O)OC)CC[C@]3(C)[C@H](CC[C@@H]4[C@@]5(C)CC[C@H](OC(=O)CC(C)(C)C(=O)O)C(C)(C)[C@@H]5CC[C@]43C)[C@@H]12. The number of carboxylic acids is 1. The number of aliphatic carboxylic acids is 1. The number of unbranched alkanes of at least 4 members (excludes halogenated alkanes) is 5. The minimum atomic E-state index is -1.16. The lowest BCUT2D eigenvalue weighted by molar-refractivity contribution is -0.249. The molecule has 6 fully saturated rings. The minimum Gasteiger partial charge on any atom is -0.481 e. The maximum atomic E-state index is 14.6. The Kier molecular flexibility index (Phi) is 14.0. The topological polar surface area (TPSA) is 139 Å². The zero-order valence-corrected chi connectivity index (χ0v) is 39.6. The molecule has 61 heavy (non-hydrogen) atoms. The first-order valence-electron chi connectivity index (χ1n) is 24.3. The molecule has 2 N–H and O–H groups in total. The number of nitrogens with one attached hydrogen (secondary N) is 1. The lowest BCUT2D eigenvalue weighted by Gasteiger charge is -2.72. The van der Waals surface area contributed by atoms with Crippen LogP contribution in [0.5, 0.6) is 0 Å². The van der Waals surface area contributed by atoms with E-state index >= 15 is 0 Å². The van der Waals surface area contributed by atoms with E-state index in [0.29, 0.717) is 55.5 Å². The predicted molar refractivity (Wildman–Crippen MR) is 237 cm³/mol. The molecule has 6 rings (SSSR count). The highest BCUT2D eigenvalue weighted by Crippen LogP contribution is 2.77. The van der Waals surface area contributed by atoms with Gasteiger partial charge in [0.1, 0.15) is 12.1 Å². The minimum absolute atomic E-state index is 0.0613. The van der Waals surface area contributed by atoms with E-state index in [9.17, 15) is 29.1 Å². The molecule has 1 heterocycles. The second kappa shape index (κ2) is 17.9. The molecule has 11 atom stereocenters. The van der Waals surface area contributed by atoms with Crippen LogP contribution in [0.1, 0.15) is 184 Å². The Morgan fingerprint density at radius 1 is 0.803 bits per heavy atom. The van der Waals surface area contributed by atoms with Gasteiger partial charge in [-0.3, -0.25) is 19.2 Å². The number of methoxy groups -OCH3 is 1. The van der Waals surface area contributed by atoms with Crippen LogP contribution in [0, 0.1) is 62.1 Å². The summed E-state index contributed by atoms with van der Waals surface area (Å²) in [5, 5.41) is 13.1. The summed E-state index contributed by atoms with van der Waals surface area (Å²) in [6.45, 7) is 23.6. The van der Waals surface area contributed by atoms with Crippen LogP contribution in [0.15, 0.2) is 12.2 Å². The summed E-state index contributed by atoms with van der Waals surface area (Å²) in [5.41, 5.74) is -0.157. The molecule has 0 aromatic carbocycles. The Bertz CT molecular complexity index is 1690. The van der Waals surface area contributed by atoms with E-state index < -0.39 is 23.4 Å². The molecule has 0 unspecified atom stereocenters. The Balaban J connectivity index is 1.05. The van der Waals surface area contributed by atoms with Gasteiger partial charge in [0.05, 0.1) is 24.4 Å². The Morgan fingerprint density at radius 2 is 1.49 bits per heavy atom. The van der Waals surface area contributed by atoms with Crippen molar-refractivity contribution in [2.45, 2.75) is 196 Å². The summed E-state index contributed by atoms with van der Waals surface area (Å²) in [7, 11) is 1.38. The average Bonchev–Trinajstić information content (AvgIpc) is 3.85. The number of carbonyl (C=O) groups excluding carboxylic acids is 4. The summed E-state index contributed by atoms with van der Waals surface area (Å²) >= 11 is 0. The van der Waals surface area contributed by atoms with Crippen molar-refractivity contribution in [2.75, 3.05) is 20.2 Å². The molecule has 10 heteroatoms.